The van der Waals surface area contributed by atoms with Crippen molar-refractivity contribution < 1.29 is 9.66 Å². The van der Waals surface area contributed by atoms with Crippen LogP contribution in [0.15, 0.2) is 48.4 Å². The van der Waals surface area contributed by atoms with Crippen molar-refractivity contribution in [1.29, 1.82) is 0 Å². The summed E-state index contributed by atoms with van der Waals surface area (Å²) in [5.74, 6) is -0.250. The molecule has 1 aromatic rings. The lowest BCUT2D eigenvalue weighted by molar-refractivity contribution is -0.430. The summed E-state index contributed by atoms with van der Waals surface area (Å²) >= 11 is 0. The van der Waals surface area contributed by atoms with Gasteiger partial charge in [0, 0.05) is 11.0 Å². The van der Waals surface area contributed by atoms with E-state index < -0.39 is 0 Å². The minimum absolute atomic E-state index is 0.178. The fourth-order valence-electron chi connectivity index (χ4n) is 3.23. The van der Waals surface area contributed by atoms with Crippen molar-refractivity contribution in [2.45, 2.75) is 20.0 Å². The van der Waals surface area contributed by atoms with E-state index in [2.05, 4.69) is 0 Å². The highest BCUT2D eigenvalue weighted by atomic mass is 16.6. The van der Waals surface area contributed by atoms with Crippen LogP contribution in [0.5, 0.6) is 0 Å². The third-order valence-electron chi connectivity index (χ3n) is 4.02. The Morgan fingerprint density at radius 3 is 2.58 bits per heavy atom. The molecule has 0 saturated heterocycles. The van der Waals surface area contributed by atoms with Crippen molar-refractivity contribution in [3.8, 4) is 0 Å². The van der Waals surface area contributed by atoms with Gasteiger partial charge < -0.3 is 4.74 Å². The molecule has 0 spiro atoms. The molecular weight excluding hydrogens is 242 g/mol. The molecule has 4 heteroatoms. The van der Waals surface area contributed by atoms with Crippen molar-refractivity contribution in [2.24, 2.45) is 11.3 Å². The van der Waals surface area contributed by atoms with Gasteiger partial charge in [0.1, 0.15) is 12.0 Å². The van der Waals surface area contributed by atoms with Crippen LogP contribution in [0.2, 0.25) is 0 Å². The molecule has 2 aliphatic rings. The summed E-state index contributed by atoms with van der Waals surface area (Å²) in [5, 5.41) is 11.5. The van der Waals surface area contributed by atoms with Gasteiger partial charge in [-0.25, -0.2) is 0 Å². The molecule has 2 atom stereocenters. The van der Waals surface area contributed by atoms with Gasteiger partial charge in [-0.05, 0) is 11.6 Å². The zero-order valence-electron chi connectivity index (χ0n) is 10.9. The van der Waals surface area contributed by atoms with Gasteiger partial charge >= 0.3 is 0 Å². The van der Waals surface area contributed by atoms with Gasteiger partial charge in [0.05, 0.1) is 11.2 Å². The molecule has 0 bridgehead atoms. The van der Waals surface area contributed by atoms with E-state index >= 15 is 0 Å². The van der Waals surface area contributed by atoms with Crippen molar-refractivity contribution in [2.75, 3.05) is 0 Å². The number of nitro groups is 1. The quantitative estimate of drug-likeness (QED) is 0.603. The lowest BCUT2D eigenvalue weighted by atomic mass is 9.79. The first kappa shape index (κ1) is 12.0. The molecule has 0 N–H and O–H groups in total. The predicted molar refractivity (Wildman–Crippen MR) is 71.6 cm³/mol. The summed E-state index contributed by atoms with van der Waals surface area (Å²) in [6, 6.07) is 9.56. The van der Waals surface area contributed by atoms with Crippen molar-refractivity contribution >= 4 is 5.57 Å². The van der Waals surface area contributed by atoms with Crippen LogP contribution in [0.3, 0.4) is 0 Å². The van der Waals surface area contributed by atoms with Crippen LogP contribution < -0.4 is 0 Å². The Morgan fingerprint density at radius 1 is 1.26 bits per heavy atom. The number of nitrogens with zero attached hydrogens (tertiary/aromatic N) is 1. The van der Waals surface area contributed by atoms with Crippen molar-refractivity contribution in [3.63, 3.8) is 0 Å². The van der Waals surface area contributed by atoms with Crippen LogP contribution in [0, 0.1) is 21.4 Å². The fourth-order valence-corrected chi connectivity index (χ4v) is 3.23. The summed E-state index contributed by atoms with van der Waals surface area (Å²) in [5.41, 5.74) is 1.59. The van der Waals surface area contributed by atoms with E-state index in [-0.39, 0.29) is 28.1 Å². The topological polar surface area (TPSA) is 52.4 Å². The molecule has 1 heterocycles. The maximum absolute atomic E-state index is 11.5. The van der Waals surface area contributed by atoms with E-state index in [1.807, 2.05) is 44.2 Å². The van der Waals surface area contributed by atoms with Crippen LogP contribution in [0.4, 0.5) is 0 Å². The summed E-state index contributed by atoms with van der Waals surface area (Å²) < 4.78 is 5.60. The van der Waals surface area contributed by atoms with E-state index in [1.54, 1.807) is 12.3 Å². The second kappa shape index (κ2) is 3.95. The summed E-state index contributed by atoms with van der Waals surface area (Å²) in [6.45, 7) is 4.02. The number of rotatable bonds is 2. The molecule has 1 aliphatic heterocycles. The molecule has 4 nitrogen and oxygen atoms in total. The number of hydrogen-bond donors (Lipinski definition) is 0. The number of benzene rings is 1. The Balaban J connectivity index is 2.24. The molecule has 19 heavy (non-hydrogen) atoms. The van der Waals surface area contributed by atoms with E-state index in [0.29, 0.717) is 0 Å². The van der Waals surface area contributed by atoms with Gasteiger partial charge in [-0.2, -0.15) is 0 Å². The predicted octanol–water partition coefficient (Wildman–Crippen LogP) is 3.24. The van der Waals surface area contributed by atoms with E-state index in [4.69, 9.17) is 4.74 Å². The van der Waals surface area contributed by atoms with Gasteiger partial charge in [-0.15, -0.1) is 0 Å². The lowest BCUT2D eigenvalue weighted by Gasteiger charge is -2.28. The van der Waals surface area contributed by atoms with Crippen LogP contribution in [-0.2, 0) is 4.74 Å². The Labute approximate surface area is 111 Å². The van der Waals surface area contributed by atoms with Crippen LogP contribution in [0.25, 0.3) is 5.57 Å². The second-order valence-electron chi connectivity index (χ2n) is 5.52. The molecule has 98 valence electrons. The minimum Gasteiger partial charge on any atom is -0.496 e. The molecular formula is C15H15NO3. The third-order valence-corrected chi connectivity index (χ3v) is 4.02. The van der Waals surface area contributed by atoms with Gasteiger partial charge in [0.15, 0.2) is 0 Å². The van der Waals surface area contributed by atoms with Crippen molar-refractivity contribution in [1.82, 2.24) is 0 Å². The van der Waals surface area contributed by atoms with Crippen LogP contribution in [0.1, 0.15) is 19.4 Å². The summed E-state index contributed by atoms with van der Waals surface area (Å²) in [7, 11) is 0. The fraction of sp³-hybridized carbons (Fsp3) is 0.333. The average Bonchev–Trinajstić information content (AvgIpc) is 2.92. The maximum atomic E-state index is 11.5. The molecule has 1 aliphatic carbocycles. The summed E-state index contributed by atoms with van der Waals surface area (Å²) in [4.78, 5) is 11.2. The number of ether oxygens (including phenoxy) is 1. The molecule has 3 rings (SSSR count). The largest absolute Gasteiger partial charge is 0.496 e. The monoisotopic (exact) mass is 257 g/mol. The molecule has 0 aromatic heterocycles. The van der Waals surface area contributed by atoms with E-state index in [9.17, 15) is 10.1 Å². The smallest absolute Gasteiger partial charge is 0.261 e. The average molecular weight is 257 g/mol. The summed E-state index contributed by atoms with van der Waals surface area (Å²) in [6.07, 6.45) is 3.20. The maximum Gasteiger partial charge on any atom is 0.261 e. The van der Waals surface area contributed by atoms with Gasteiger partial charge in [-0.3, -0.25) is 10.1 Å². The highest BCUT2D eigenvalue weighted by Gasteiger charge is 2.56. The Morgan fingerprint density at radius 2 is 1.95 bits per heavy atom. The first-order valence-electron chi connectivity index (χ1n) is 6.30. The van der Waals surface area contributed by atoms with E-state index in [1.165, 1.54) is 0 Å². The zero-order chi connectivity index (χ0) is 13.6. The van der Waals surface area contributed by atoms with Crippen LogP contribution in [-0.4, -0.2) is 11.0 Å². The Kier molecular flexibility index (Phi) is 2.49. The van der Waals surface area contributed by atoms with Crippen molar-refractivity contribution in [3.05, 3.63) is 64.0 Å². The third kappa shape index (κ3) is 1.59. The second-order valence-corrected chi connectivity index (χ2v) is 5.52. The molecule has 2 unspecified atom stereocenters. The SMILES string of the molecule is CC1(C)C(c2ccccc2)=C([N+](=O)[O-])C2C=COC21. The van der Waals surface area contributed by atoms with Gasteiger partial charge in [0.25, 0.3) is 5.70 Å². The highest BCUT2D eigenvalue weighted by Crippen LogP contribution is 2.54. The Hall–Kier alpha value is -2.10. The Bertz CT molecular complexity index is 587. The van der Waals surface area contributed by atoms with Crippen LogP contribution >= 0.6 is 0 Å². The first-order chi connectivity index (χ1) is 9.03. The standard InChI is InChI=1S/C15H15NO3/c1-15(2)12(10-6-4-3-5-7-10)13(16(17)18)11-8-9-19-14(11)15/h3-9,11,14H,1-2H3. The number of fused-ring (bicyclic) bond motifs is 1. The van der Waals surface area contributed by atoms with Gasteiger partial charge in [-0.1, -0.05) is 44.2 Å². The molecule has 0 saturated carbocycles. The highest BCUT2D eigenvalue weighted by molar-refractivity contribution is 5.75. The minimum atomic E-state index is -0.377. The first-order valence-corrected chi connectivity index (χ1v) is 6.30. The lowest BCUT2D eigenvalue weighted by Crippen LogP contribution is -2.29. The normalized spacial score (nSPS) is 27.3. The molecule has 0 fully saturated rings. The van der Waals surface area contributed by atoms with Gasteiger partial charge in [0.2, 0.25) is 0 Å². The zero-order valence-corrected chi connectivity index (χ0v) is 10.9. The molecule has 0 amide bonds. The van der Waals surface area contributed by atoms with E-state index in [0.717, 1.165) is 11.1 Å². The number of hydrogen-bond acceptors (Lipinski definition) is 3. The molecule has 1 aromatic carbocycles. The molecule has 0 radical (unpaired) electrons.